The summed E-state index contributed by atoms with van der Waals surface area (Å²) in [7, 11) is 0. The van der Waals surface area contributed by atoms with Gasteiger partial charge in [0.05, 0.1) is 6.10 Å². The highest BCUT2D eigenvalue weighted by Crippen LogP contribution is 2.33. The molecule has 10 heteroatoms. The van der Waals surface area contributed by atoms with Crippen LogP contribution in [0.3, 0.4) is 0 Å². The maximum atomic E-state index is 12.8. The summed E-state index contributed by atoms with van der Waals surface area (Å²) >= 11 is 0. The lowest BCUT2D eigenvalue weighted by Crippen LogP contribution is -2.40. The third-order valence-electron chi connectivity index (χ3n) is 5.90. The topological polar surface area (TPSA) is 132 Å². The Kier molecular flexibility index (Phi) is 7.88. The quantitative estimate of drug-likeness (QED) is 0.457. The van der Waals surface area contributed by atoms with E-state index < -0.39 is 42.2 Å². The second kappa shape index (κ2) is 11.3. The van der Waals surface area contributed by atoms with Crippen LogP contribution in [0.4, 0.5) is 5.82 Å². The van der Waals surface area contributed by atoms with Gasteiger partial charge in [-0.3, -0.25) is 14.2 Å². The number of hydrogen-bond acceptors (Lipinski definition) is 9. The normalized spacial score (nSPS) is 20.8. The molecule has 37 heavy (non-hydrogen) atoms. The molecular formula is C27H29N3O7. The highest BCUT2D eigenvalue weighted by atomic mass is 16.6. The molecule has 1 aliphatic heterocycles. The summed E-state index contributed by atoms with van der Waals surface area (Å²) in [6.45, 7) is 4.57. The van der Waals surface area contributed by atoms with Crippen molar-refractivity contribution in [1.82, 2.24) is 9.55 Å². The lowest BCUT2D eigenvalue weighted by molar-refractivity contribution is -0.165. The molecule has 1 aliphatic rings. The van der Waals surface area contributed by atoms with E-state index in [0.717, 1.165) is 11.1 Å². The molecule has 4 rings (SSSR count). The summed E-state index contributed by atoms with van der Waals surface area (Å²) in [5.74, 6) is -0.401. The Bertz CT molecular complexity index is 1330. The zero-order valence-corrected chi connectivity index (χ0v) is 20.8. The molecule has 0 spiro atoms. The highest BCUT2D eigenvalue weighted by Gasteiger charge is 2.48. The van der Waals surface area contributed by atoms with Gasteiger partial charge in [-0.15, -0.1) is 0 Å². The third kappa shape index (κ3) is 6.34. The molecule has 1 saturated heterocycles. The SMILES string of the molecule is CC(=O)O[C@@H]1[C@H](OC(C)=O)[C@@H](C)O[C@H]1n1cc(Cc2cccc(OCc3ccccc3)c2)c(N)nc1=O. The van der Waals surface area contributed by atoms with Crippen LogP contribution in [0.1, 0.15) is 43.7 Å². The number of nitrogen functional groups attached to an aromatic ring is 1. The molecule has 194 valence electrons. The number of nitrogens with zero attached hydrogens (tertiary/aromatic N) is 2. The number of hydrogen-bond donors (Lipinski definition) is 1. The summed E-state index contributed by atoms with van der Waals surface area (Å²) in [5, 5.41) is 0. The fourth-order valence-corrected chi connectivity index (χ4v) is 4.25. The molecule has 2 N–H and O–H groups in total. The van der Waals surface area contributed by atoms with Crippen molar-refractivity contribution in [3.05, 3.63) is 88.0 Å². The number of anilines is 1. The minimum atomic E-state index is -1.05. The Morgan fingerprint density at radius 1 is 1.00 bits per heavy atom. The van der Waals surface area contributed by atoms with Crippen molar-refractivity contribution < 1.29 is 28.5 Å². The van der Waals surface area contributed by atoms with Gasteiger partial charge in [0.1, 0.15) is 18.2 Å². The summed E-state index contributed by atoms with van der Waals surface area (Å²) in [5.41, 5.74) is 7.91. The van der Waals surface area contributed by atoms with E-state index in [2.05, 4.69) is 4.98 Å². The van der Waals surface area contributed by atoms with Gasteiger partial charge in [0, 0.05) is 32.0 Å². The fourth-order valence-electron chi connectivity index (χ4n) is 4.25. The van der Waals surface area contributed by atoms with E-state index in [1.54, 1.807) is 6.92 Å². The molecule has 10 nitrogen and oxygen atoms in total. The number of ether oxygens (including phenoxy) is 4. The summed E-state index contributed by atoms with van der Waals surface area (Å²) in [4.78, 5) is 40.2. The van der Waals surface area contributed by atoms with E-state index in [1.807, 2.05) is 54.6 Å². The van der Waals surface area contributed by atoms with E-state index in [9.17, 15) is 14.4 Å². The van der Waals surface area contributed by atoms with Crippen molar-refractivity contribution in [2.75, 3.05) is 5.73 Å². The average Bonchev–Trinajstić information content (AvgIpc) is 3.14. The molecular weight excluding hydrogens is 478 g/mol. The lowest BCUT2D eigenvalue weighted by atomic mass is 10.1. The largest absolute Gasteiger partial charge is 0.489 e. The number of carbonyl (C=O) groups excluding carboxylic acids is 2. The van der Waals surface area contributed by atoms with Gasteiger partial charge >= 0.3 is 17.6 Å². The standard InChI is InChI=1S/C27H29N3O7/c1-16-23(36-17(2)31)24(37-18(3)32)26(35-16)30-14-21(25(28)29-27(30)33)12-20-10-7-11-22(13-20)34-15-19-8-5-4-6-9-19/h4-11,13-14,16,23-24,26H,12,15H2,1-3H3,(H2,28,29,33)/t16-,23-,24-,26-/m1/s1. The van der Waals surface area contributed by atoms with Crippen LogP contribution < -0.4 is 16.2 Å². The van der Waals surface area contributed by atoms with Gasteiger partial charge in [-0.05, 0) is 30.2 Å². The first kappa shape index (κ1) is 25.9. The number of carbonyl (C=O) groups is 2. The van der Waals surface area contributed by atoms with E-state index in [1.165, 1.54) is 24.6 Å². The molecule has 0 amide bonds. The molecule has 1 aromatic heterocycles. The van der Waals surface area contributed by atoms with E-state index in [4.69, 9.17) is 24.7 Å². The molecule has 1 fully saturated rings. The first-order valence-corrected chi connectivity index (χ1v) is 11.8. The van der Waals surface area contributed by atoms with Crippen LogP contribution in [-0.4, -0.2) is 39.8 Å². The molecule has 2 aromatic carbocycles. The van der Waals surface area contributed by atoms with Gasteiger partial charge in [-0.2, -0.15) is 4.98 Å². The Balaban J connectivity index is 1.58. The van der Waals surface area contributed by atoms with Crippen LogP contribution in [0.25, 0.3) is 0 Å². The van der Waals surface area contributed by atoms with E-state index >= 15 is 0 Å². The summed E-state index contributed by atoms with van der Waals surface area (Å²) < 4.78 is 23.8. The molecule has 2 heterocycles. The number of benzene rings is 2. The van der Waals surface area contributed by atoms with Crippen molar-refractivity contribution >= 4 is 17.8 Å². The molecule has 0 unspecified atom stereocenters. The van der Waals surface area contributed by atoms with Crippen molar-refractivity contribution in [1.29, 1.82) is 0 Å². The van der Waals surface area contributed by atoms with Gasteiger partial charge in [0.25, 0.3) is 0 Å². The van der Waals surface area contributed by atoms with E-state index in [0.29, 0.717) is 24.3 Å². The second-order valence-corrected chi connectivity index (χ2v) is 8.82. The predicted molar refractivity (Wildman–Crippen MR) is 134 cm³/mol. The van der Waals surface area contributed by atoms with Crippen LogP contribution in [0.15, 0.2) is 65.6 Å². The maximum absolute atomic E-state index is 12.8. The van der Waals surface area contributed by atoms with Crippen LogP contribution in [0, 0.1) is 0 Å². The average molecular weight is 508 g/mol. The van der Waals surface area contributed by atoms with Gasteiger partial charge in [-0.25, -0.2) is 4.79 Å². The highest BCUT2D eigenvalue weighted by molar-refractivity contribution is 5.67. The first-order valence-electron chi connectivity index (χ1n) is 11.8. The molecule has 0 bridgehead atoms. The number of rotatable bonds is 8. The van der Waals surface area contributed by atoms with Crippen molar-refractivity contribution in [2.24, 2.45) is 0 Å². The van der Waals surface area contributed by atoms with Gasteiger partial charge in [-0.1, -0.05) is 42.5 Å². The number of esters is 2. The maximum Gasteiger partial charge on any atom is 0.351 e. The molecule has 0 radical (unpaired) electrons. The van der Waals surface area contributed by atoms with Gasteiger partial charge in [0.15, 0.2) is 18.4 Å². The molecule has 4 atom stereocenters. The fraction of sp³-hybridized carbons (Fsp3) is 0.333. The summed E-state index contributed by atoms with van der Waals surface area (Å²) in [6.07, 6.45) is -1.73. The van der Waals surface area contributed by atoms with Crippen molar-refractivity contribution in [2.45, 2.75) is 58.3 Å². The molecule has 0 aliphatic carbocycles. The van der Waals surface area contributed by atoms with Crippen molar-refractivity contribution in [3.63, 3.8) is 0 Å². The zero-order chi connectivity index (χ0) is 26.5. The lowest BCUT2D eigenvalue weighted by Gasteiger charge is -2.24. The second-order valence-electron chi connectivity index (χ2n) is 8.82. The Hall–Kier alpha value is -4.18. The molecule has 3 aromatic rings. The minimum Gasteiger partial charge on any atom is -0.489 e. The number of aromatic nitrogens is 2. The number of nitrogens with two attached hydrogens (primary N) is 1. The third-order valence-corrected chi connectivity index (χ3v) is 5.90. The zero-order valence-electron chi connectivity index (χ0n) is 20.8. The summed E-state index contributed by atoms with van der Waals surface area (Å²) in [6, 6.07) is 17.4. The van der Waals surface area contributed by atoms with Crippen LogP contribution in [-0.2, 0) is 36.8 Å². The van der Waals surface area contributed by atoms with Crippen LogP contribution >= 0.6 is 0 Å². The van der Waals surface area contributed by atoms with Gasteiger partial charge < -0.3 is 24.7 Å². The first-order chi connectivity index (χ1) is 17.7. The van der Waals surface area contributed by atoms with Crippen LogP contribution in [0.2, 0.25) is 0 Å². The van der Waals surface area contributed by atoms with Crippen molar-refractivity contribution in [3.8, 4) is 5.75 Å². The minimum absolute atomic E-state index is 0.0727. The Labute approximate surface area is 213 Å². The monoisotopic (exact) mass is 507 g/mol. The Morgan fingerprint density at radius 3 is 2.38 bits per heavy atom. The Morgan fingerprint density at radius 2 is 1.68 bits per heavy atom. The predicted octanol–water partition coefficient (Wildman–Crippen LogP) is 2.78. The van der Waals surface area contributed by atoms with Crippen LogP contribution in [0.5, 0.6) is 5.75 Å². The smallest absolute Gasteiger partial charge is 0.351 e. The van der Waals surface area contributed by atoms with Gasteiger partial charge in [0.2, 0.25) is 0 Å². The van der Waals surface area contributed by atoms with E-state index in [-0.39, 0.29) is 5.82 Å². The molecule has 0 saturated carbocycles.